The Morgan fingerprint density at radius 2 is 1.46 bits per heavy atom. The summed E-state index contributed by atoms with van der Waals surface area (Å²) in [6.45, 7) is 1.97. The number of aryl methyl sites for hydroxylation is 2. The molecule has 0 saturated carbocycles. The molecule has 0 aromatic heterocycles. The first-order valence-corrected chi connectivity index (χ1v) is 14.0. The van der Waals surface area contributed by atoms with Crippen molar-refractivity contribution in [3.8, 4) is 11.5 Å². The number of hydrogen-bond acceptors (Lipinski definition) is 5. The highest BCUT2D eigenvalue weighted by Gasteiger charge is 2.35. The van der Waals surface area contributed by atoms with Crippen molar-refractivity contribution in [3.05, 3.63) is 52.6 Å². The maximum atomic E-state index is 13.3. The maximum Gasteiger partial charge on any atom is 0.243 e. The summed E-state index contributed by atoms with van der Waals surface area (Å²) in [5.41, 5.74) is 4.70. The number of carbonyl (C=O) groups is 1. The molecule has 0 N–H and O–H groups in total. The Morgan fingerprint density at radius 3 is 2.14 bits per heavy atom. The van der Waals surface area contributed by atoms with E-state index in [0.717, 1.165) is 31.2 Å². The summed E-state index contributed by atoms with van der Waals surface area (Å²) in [6, 6.07) is 9.57. The van der Waals surface area contributed by atoms with Gasteiger partial charge in [-0.05, 0) is 91.5 Å². The van der Waals surface area contributed by atoms with Crippen molar-refractivity contribution < 1.29 is 22.7 Å². The molecule has 2 aromatic rings. The lowest BCUT2D eigenvalue weighted by Gasteiger charge is -2.36. The van der Waals surface area contributed by atoms with E-state index in [1.807, 2.05) is 29.2 Å². The first kappa shape index (κ1) is 24.1. The Labute approximate surface area is 208 Å². The molecule has 1 aliphatic carbocycles. The molecule has 188 valence electrons. The number of hydrogen-bond donors (Lipinski definition) is 0. The van der Waals surface area contributed by atoms with Crippen LogP contribution in [0.4, 0.5) is 0 Å². The molecule has 3 aliphatic rings. The van der Waals surface area contributed by atoms with Gasteiger partial charge in [0.15, 0.2) is 11.5 Å². The number of rotatable bonds is 5. The van der Waals surface area contributed by atoms with E-state index < -0.39 is 10.0 Å². The van der Waals surface area contributed by atoms with Crippen LogP contribution in [-0.2, 0) is 40.6 Å². The van der Waals surface area contributed by atoms with Gasteiger partial charge in [-0.2, -0.15) is 4.31 Å². The molecule has 5 rings (SSSR count). The zero-order valence-electron chi connectivity index (χ0n) is 20.6. The van der Waals surface area contributed by atoms with Gasteiger partial charge in [-0.15, -0.1) is 0 Å². The fraction of sp³-hybridized carbons (Fsp3) is 0.519. The summed E-state index contributed by atoms with van der Waals surface area (Å²) in [5, 5.41) is 0. The third-order valence-electron chi connectivity index (χ3n) is 7.79. The number of amides is 1. The van der Waals surface area contributed by atoms with Gasteiger partial charge >= 0.3 is 0 Å². The van der Waals surface area contributed by atoms with Crippen molar-refractivity contribution in [1.29, 1.82) is 0 Å². The first-order chi connectivity index (χ1) is 16.9. The van der Waals surface area contributed by atoms with Gasteiger partial charge in [0.1, 0.15) is 0 Å². The van der Waals surface area contributed by atoms with Crippen molar-refractivity contribution in [2.24, 2.45) is 5.92 Å². The normalized spacial score (nSPS) is 19.1. The van der Waals surface area contributed by atoms with E-state index in [1.165, 1.54) is 23.1 Å². The molecule has 0 spiro atoms. The van der Waals surface area contributed by atoms with Crippen LogP contribution >= 0.6 is 0 Å². The van der Waals surface area contributed by atoms with Gasteiger partial charge in [0.2, 0.25) is 15.9 Å². The summed E-state index contributed by atoms with van der Waals surface area (Å²) >= 11 is 0. The van der Waals surface area contributed by atoms with Crippen molar-refractivity contribution in [2.45, 2.75) is 56.4 Å². The van der Waals surface area contributed by atoms with Gasteiger partial charge in [0.25, 0.3) is 0 Å². The van der Waals surface area contributed by atoms with Crippen molar-refractivity contribution in [1.82, 2.24) is 9.21 Å². The SMILES string of the molecule is COc1cc2c(cc1OC)CN(C(=O)C1CCN(S(=O)(=O)c3ccc4c(c3)CCCC4)CC1)CC2. The predicted molar refractivity (Wildman–Crippen MR) is 133 cm³/mol. The standard InChI is InChI=1S/C27H34N2O5S/c1-33-25-16-22-9-12-28(18-23(22)17-26(25)34-2)27(30)20-10-13-29(14-11-20)35(31,32)24-8-7-19-5-3-4-6-21(19)15-24/h7-8,15-17,20H,3-6,9-14,18H2,1-2H3. The van der Waals surface area contributed by atoms with E-state index >= 15 is 0 Å². The third-order valence-corrected chi connectivity index (χ3v) is 9.69. The van der Waals surface area contributed by atoms with Crippen LogP contribution in [0.1, 0.15) is 47.9 Å². The smallest absolute Gasteiger partial charge is 0.243 e. The molecule has 0 radical (unpaired) electrons. The van der Waals surface area contributed by atoms with E-state index in [1.54, 1.807) is 24.6 Å². The second-order valence-corrected chi connectivity index (χ2v) is 11.7. The van der Waals surface area contributed by atoms with Crippen LogP contribution in [0.25, 0.3) is 0 Å². The molecule has 2 aromatic carbocycles. The zero-order chi connectivity index (χ0) is 24.6. The number of carbonyl (C=O) groups excluding carboxylic acids is 1. The quantitative estimate of drug-likeness (QED) is 0.630. The number of fused-ring (bicyclic) bond motifs is 2. The summed E-state index contributed by atoms with van der Waals surface area (Å²) in [5.74, 6) is 1.35. The fourth-order valence-electron chi connectivity index (χ4n) is 5.69. The van der Waals surface area contributed by atoms with Gasteiger partial charge in [0, 0.05) is 32.1 Å². The maximum absolute atomic E-state index is 13.3. The van der Waals surface area contributed by atoms with Crippen molar-refractivity contribution in [2.75, 3.05) is 33.9 Å². The molecule has 0 bridgehead atoms. The van der Waals surface area contributed by atoms with Gasteiger partial charge in [-0.1, -0.05) is 6.07 Å². The highest BCUT2D eigenvalue weighted by molar-refractivity contribution is 7.89. The van der Waals surface area contributed by atoms with Crippen LogP contribution in [0.2, 0.25) is 0 Å². The van der Waals surface area contributed by atoms with E-state index in [4.69, 9.17) is 9.47 Å². The van der Waals surface area contributed by atoms with Crippen molar-refractivity contribution >= 4 is 15.9 Å². The summed E-state index contributed by atoms with van der Waals surface area (Å²) in [7, 11) is -0.302. The topological polar surface area (TPSA) is 76.2 Å². The molecule has 7 nitrogen and oxygen atoms in total. The average Bonchev–Trinajstić information content (AvgIpc) is 2.91. The Hall–Kier alpha value is -2.58. The first-order valence-electron chi connectivity index (χ1n) is 12.5. The molecule has 8 heteroatoms. The second-order valence-electron chi connectivity index (χ2n) is 9.80. The lowest BCUT2D eigenvalue weighted by atomic mass is 9.92. The number of piperidine rings is 1. The van der Waals surface area contributed by atoms with Crippen molar-refractivity contribution in [3.63, 3.8) is 0 Å². The Morgan fingerprint density at radius 1 is 0.829 bits per heavy atom. The minimum atomic E-state index is -3.54. The summed E-state index contributed by atoms with van der Waals surface area (Å²) < 4.78 is 39.0. The highest BCUT2D eigenvalue weighted by Crippen LogP contribution is 2.34. The zero-order valence-corrected chi connectivity index (χ0v) is 21.4. The summed E-state index contributed by atoms with van der Waals surface area (Å²) in [6.07, 6.45) is 6.15. The van der Waals surface area contributed by atoms with E-state index in [-0.39, 0.29) is 11.8 Å². The van der Waals surface area contributed by atoms with Crippen LogP contribution in [0.3, 0.4) is 0 Å². The van der Waals surface area contributed by atoms with E-state index in [2.05, 4.69) is 0 Å². The second kappa shape index (κ2) is 9.82. The van der Waals surface area contributed by atoms with Gasteiger partial charge in [0.05, 0.1) is 19.1 Å². The van der Waals surface area contributed by atoms with Crippen LogP contribution in [0, 0.1) is 5.92 Å². The molecule has 1 saturated heterocycles. The Balaban J connectivity index is 1.23. The van der Waals surface area contributed by atoms with Crippen LogP contribution in [-0.4, -0.2) is 57.4 Å². The third kappa shape index (κ3) is 4.66. The summed E-state index contributed by atoms with van der Waals surface area (Å²) in [4.78, 5) is 15.6. The predicted octanol–water partition coefficient (Wildman–Crippen LogP) is 3.57. The number of nitrogens with zero attached hydrogens (tertiary/aromatic N) is 2. The van der Waals surface area contributed by atoms with Gasteiger partial charge in [-0.3, -0.25) is 4.79 Å². The van der Waals surface area contributed by atoms with Crippen LogP contribution in [0.15, 0.2) is 35.2 Å². The van der Waals surface area contributed by atoms with E-state index in [0.29, 0.717) is 55.4 Å². The number of sulfonamides is 1. The molecular weight excluding hydrogens is 464 g/mol. The van der Waals surface area contributed by atoms with Crippen LogP contribution in [0.5, 0.6) is 11.5 Å². The molecule has 0 atom stereocenters. The molecule has 0 unspecified atom stereocenters. The fourth-order valence-corrected chi connectivity index (χ4v) is 7.21. The molecule has 1 fully saturated rings. The van der Waals surface area contributed by atoms with Gasteiger partial charge < -0.3 is 14.4 Å². The lowest BCUT2D eigenvalue weighted by Crippen LogP contribution is -2.45. The van der Waals surface area contributed by atoms with Crippen LogP contribution < -0.4 is 9.47 Å². The minimum Gasteiger partial charge on any atom is -0.493 e. The molecular formula is C27H34N2O5S. The Bertz CT molecular complexity index is 1220. The number of methoxy groups -OCH3 is 2. The monoisotopic (exact) mass is 498 g/mol. The molecule has 35 heavy (non-hydrogen) atoms. The number of ether oxygens (including phenoxy) is 2. The molecule has 1 amide bonds. The molecule has 2 heterocycles. The number of benzene rings is 2. The Kier molecular flexibility index (Phi) is 6.77. The molecule has 2 aliphatic heterocycles. The van der Waals surface area contributed by atoms with Gasteiger partial charge in [-0.25, -0.2) is 8.42 Å². The highest BCUT2D eigenvalue weighted by atomic mass is 32.2. The lowest BCUT2D eigenvalue weighted by molar-refractivity contribution is -0.137. The average molecular weight is 499 g/mol. The minimum absolute atomic E-state index is 0.122. The van der Waals surface area contributed by atoms with E-state index in [9.17, 15) is 13.2 Å². The largest absolute Gasteiger partial charge is 0.493 e.